The Morgan fingerprint density at radius 1 is 1.67 bits per heavy atom. The Hall–Kier alpha value is -1.04. The molecule has 1 N–H and O–H groups in total. The molecule has 1 aliphatic rings. The second-order valence-electron chi connectivity index (χ2n) is 5.43. The van der Waals surface area contributed by atoms with Crippen molar-refractivity contribution in [3.05, 3.63) is 34.0 Å². The molecule has 1 atom stereocenters. The quantitative estimate of drug-likeness (QED) is 0.843. The summed E-state index contributed by atoms with van der Waals surface area (Å²) in [5.41, 5.74) is 0. The number of carbonyl (C=O) groups excluding carboxylic acids is 1. The lowest BCUT2D eigenvalue weighted by Crippen LogP contribution is -2.50. The van der Waals surface area contributed by atoms with Crippen LogP contribution in [-0.4, -0.2) is 48.6 Å². The molecule has 1 aliphatic heterocycles. The van der Waals surface area contributed by atoms with Gasteiger partial charge in [-0.25, -0.2) is 4.79 Å². The minimum atomic E-state index is -0.0280. The van der Waals surface area contributed by atoms with E-state index in [1.165, 1.54) is 11.3 Å². The predicted molar refractivity (Wildman–Crippen MR) is 89.0 cm³/mol. The Kier molecular flexibility index (Phi) is 6.08. The molecule has 0 bridgehead atoms. The molecule has 0 saturated carbocycles. The van der Waals surface area contributed by atoms with Crippen molar-refractivity contribution in [2.45, 2.75) is 25.4 Å². The number of amides is 2. The van der Waals surface area contributed by atoms with Crippen molar-refractivity contribution in [1.82, 2.24) is 15.1 Å². The van der Waals surface area contributed by atoms with Gasteiger partial charge in [-0.05, 0) is 38.6 Å². The van der Waals surface area contributed by atoms with E-state index in [-0.39, 0.29) is 12.1 Å². The summed E-state index contributed by atoms with van der Waals surface area (Å²) in [6.07, 6.45) is 3.92. The van der Waals surface area contributed by atoms with Crippen LogP contribution in [0.4, 0.5) is 4.79 Å². The Balaban J connectivity index is 1.93. The largest absolute Gasteiger partial charge is 0.334 e. The van der Waals surface area contributed by atoms with Gasteiger partial charge in [0.25, 0.3) is 0 Å². The number of urea groups is 1. The molecule has 1 saturated heterocycles. The topological polar surface area (TPSA) is 35.6 Å². The molecule has 1 aromatic heterocycles. The van der Waals surface area contributed by atoms with Gasteiger partial charge in [-0.15, -0.1) is 17.9 Å². The van der Waals surface area contributed by atoms with Crippen molar-refractivity contribution in [2.75, 3.05) is 26.7 Å². The molecule has 0 unspecified atom stereocenters. The van der Waals surface area contributed by atoms with Crippen LogP contribution < -0.4 is 5.32 Å². The van der Waals surface area contributed by atoms with Gasteiger partial charge in [0.05, 0.1) is 10.9 Å². The predicted octanol–water partition coefficient (Wildman–Crippen LogP) is 3.19. The van der Waals surface area contributed by atoms with Crippen molar-refractivity contribution in [3.8, 4) is 0 Å². The van der Waals surface area contributed by atoms with E-state index < -0.39 is 0 Å². The third-order valence-electron chi connectivity index (χ3n) is 3.56. The van der Waals surface area contributed by atoms with Crippen LogP contribution in [-0.2, 0) is 6.54 Å². The standard InChI is InChI=1S/C15H22ClN3OS/c1-3-8-19(11-13-6-7-14(16)21-13)15(20)17-12-5-4-9-18(2)10-12/h3,6-7,12H,1,4-5,8-11H2,2H3,(H,17,20)/t12-/m0/s1. The lowest BCUT2D eigenvalue weighted by molar-refractivity contribution is 0.180. The van der Waals surface area contributed by atoms with Gasteiger partial charge in [0.1, 0.15) is 0 Å². The first-order valence-electron chi connectivity index (χ1n) is 7.17. The number of piperidine rings is 1. The normalized spacial score (nSPS) is 19.2. The number of halogens is 1. The number of hydrogen-bond donors (Lipinski definition) is 1. The molecular formula is C15H22ClN3OS. The number of rotatable bonds is 5. The number of likely N-dealkylation sites (tertiary alicyclic amines) is 1. The lowest BCUT2D eigenvalue weighted by atomic mass is 10.1. The average molecular weight is 328 g/mol. The van der Waals surface area contributed by atoms with Crippen molar-refractivity contribution >= 4 is 29.0 Å². The van der Waals surface area contributed by atoms with Gasteiger partial charge >= 0.3 is 6.03 Å². The number of nitrogens with zero attached hydrogens (tertiary/aromatic N) is 2. The maximum Gasteiger partial charge on any atom is 0.318 e. The summed E-state index contributed by atoms with van der Waals surface area (Å²) >= 11 is 7.45. The van der Waals surface area contributed by atoms with Crippen LogP contribution in [0.1, 0.15) is 17.7 Å². The fourth-order valence-electron chi connectivity index (χ4n) is 2.55. The first-order valence-corrected chi connectivity index (χ1v) is 8.37. The average Bonchev–Trinajstić information content (AvgIpc) is 2.84. The highest BCUT2D eigenvalue weighted by Gasteiger charge is 2.21. The maximum atomic E-state index is 12.4. The van der Waals surface area contributed by atoms with Crippen LogP contribution in [0.25, 0.3) is 0 Å². The second-order valence-corrected chi connectivity index (χ2v) is 7.23. The molecule has 0 spiro atoms. The lowest BCUT2D eigenvalue weighted by Gasteiger charge is -2.32. The summed E-state index contributed by atoms with van der Waals surface area (Å²) in [5.74, 6) is 0. The second kappa shape index (κ2) is 7.82. The van der Waals surface area contributed by atoms with E-state index in [4.69, 9.17) is 11.6 Å². The van der Waals surface area contributed by atoms with Crippen molar-refractivity contribution < 1.29 is 4.79 Å². The van der Waals surface area contributed by atoms with Crippen LogP contribution >= 0.6 is 22.9 Å². The highest BCUT2D eigenvalue weighted by molar-refractivity contribution is 7.16. The van der Waals surface area contributed by atoms with E-state index in [1.807, 2.05) is 12.1 Å². The summed E-state index contributed by atoms with van der Waals surface area (Å²) in [7, 11) is 2.09. The summed E-state index contributed by atoms with van der Waals surface area (Å²) in [4.78, 5) is 17.5. The Morgan fingerprint density at radius 2 is 2.48 bits per heavy atom. The van der Waals surface area contributed by atoms with Gasteiger partial charge in [0.15, 0.2) is 0 Å². The Bertz CT molecular complexity index is 491. The summed E-state index contributed by atoms with van der Waals surface area (Å²) < 4.78 is 0.748. The van der Waals surface area contributed by atoms with Crippen LogP contribution in [0.15, 0.2) is 24.8 Å². The SMILES string of the molecule is C=CCN(Cc1ccc(Cl)s1)C(=O)N[C@H]1CCCN(C)C1. The monoisotopic (exact) mass is 327 g/mol. The van der Waals surface area contributed by atoms with E-state index in [1.54, 1.807) is 11.0 Å². The van der Waals surface area contributed by atoms with Gasteiger partial charge < -0.3 is 15.1 Å². The number of hydrogen-bond acceptors (Lipinski definition) is 3. The Labute approximate surface area is 135 Å². The summed E-state index contributed by atoms with van der Waals surface area (Å²) in [6, 6.07) is 4.03. The molecule has 2 heterocycles. The molecule has 0 aliphatic carbocycles. The van der Waals surface area contributed by atoms with Gasteiger partial charge in [-0.2, -0.15) is 0 Å². The van der Waals surface area contributed by atoms with Crippen LogP contribution in [0, 0.1) is 0 Å². The van der Waals surface area contributed by atoms with Gasteiger partial charge in [0.2, 0.25) is 0 Å². The van der Waals surface area contributed by atoms with Crippen molar-refractivity contribution in [1.29, 1.82) is 0 Å². The molecule has 116 valence electrons. The molecule has 2 amide bonds. The third kappa shape index (κ3) is 5.02. The van der Waals surface area contributed by atoms with E-state index in [0.717, 1.165) is 35.1 Å². The highest BCUT2D eigenvalue weighted by atomic mass is 35.5. The third-order valence-corrected chi connectivity index (χ3v) is 4.78. The molecule has 21 heavy (non-hydrogen) atoms. The zero-order valence-electron chi connectivity index (χ0n) is 12.3. The molecule has 2 rings (SSSR count). The summed E-state index contributed by atoms with van der Waals surface area (Å²) in [6.45, 7) is 6.86. The Morgan fingerprint density at radius 3 is 3.10 bits per heavy atom. The van der Waals surface area contributed by atoms with Crippen LogP contribution in [0.3, 0.4) is 0 Å². The van der Waals surface area contributed by atoms with Gasteiger partial charge in [-0.3, -0.25) is 0 Å². The van der Waals surface area contributed by atoms with E-state index in [2.05, 4.69) is 23.8 Å². The van der Waals surface area contributed by atoms with Crippen molar-refractivity contribution in [2.24, 2.45) is 0 Å². The fourth-order valence-corrected chi connectivity index (χ4v) is 3.65. The van der Waals surface area contributed by atoms with Crippen LogP contribution in [0.5, 0.6) is 0 Å². The highest BCUT2D eigenvalue weighted by Crippen LogP contribution is 2.22. The molecule has 0 aromatic carbocycles. The zero-order chi connectivity index (χ0) is 15.2. The van der Waals surface area contributed by atoms with Crippen LogP contribution in [0.2, 0.25) is 4.34 Å². The van der Waals surface area contributed by atoms with E-state index in [9.17, 15) is 4.79 Å². The molecule has 4 nitrogen and oxygen atoms in total. The molecular weight excluding hydrogens is 306 g/mol. The zero-order valence-corrected chi connectivity index (χ0v) is 13.9. The number of carbonyl (C=O) groups is 1. The first kappa shape index (κ1) is 16.3. The molecule has 1 aromatic rings. The van der Waals surface area contributed by atoms with Gasteiger partial charge in [-0.1, -0.05) is 17.7 Å². The number of nitrogens with one attached hydrogen (secondary N) is 1. The minimum absolute atomic E-state index is 0.0280. The number of likely N-dealkylation sites (N-methyl/N-ethyl adjacent to an activating group) is 1. The fraction of sp³-hybridized carbons (Fsp3) is 0.533. The molecule has 1 fully saturated rings. The smallest absolute Gasteiger partial charge is 0.318 e. The van der Waals surface area contributed by atoms with Crippen molar-refractivity contribution in [3.63, 3.8) is 0 Å². The van der Waals surface area contributed by atoms with E-state index >= 15 is 0 Å². The minimum Gasteiger partial charge on any atom is -0.334 e. The first-order chi connectivity index (χ1) is 10.1. The maximum absolute atomic E-state index is 12.4. The molecule has 0 radical (unpaired) electrons. The summed E-state index contributed by atoms with van der Waals surface area (Å²) in [5, 5.41) is 3.13. The van der Waals surface area contributed by atoms with E-state index in [0.29, 0.717) is 13.1 Å². The van der Waals surface area contributed by atoms with Gasteiger partial charge in [0, 0.05) is 24.0 Å². The molecule has 6 heteroatoms. The number of thiophene rings is 1.